The van der Waals surface area contributed by atoms with Crippen molar-refractivity contribution in [3.8, 4) is 11.5 Å². The van der Waals surface area contributed by atoms with Crippen LogP contribution in [0.25, 0.3) is 0 Å². The van der Waals surface area contributed by atoms with Gasteiger partial charge in [0.2, 0.25) is 0 Å². The summed E-state index contributed by atoms with van der Waals surface area (Å²) in [7, 11) is 3.77. The Balaban J connectivity index is 2.00. The molecule has 2 N–H and O–H groups in total. The minimum atomic E-state index is -0.00420. The maximum Gasteiger partial charge on any atom is 0.163 e. The highest BCUT2D eigenvalue weighted by Crippen LogP contribution is 2.31. The molecule has 0 aliphatic carbocycles. The van der Waals surface area contributed by atoms with Gasteiger partial charge < -0.3 is 24.8 Å². The Hall–Kier alpha value is -1.46. The number of nitrogens with zero attached hydrogens (tertiary/aromatic N) is 1. The Morgan fingerprint density at radius 2 is 2.05 bits per heavy atom. The van der Waals surface area contributed by atoms with E-state index < -0.39 is 0 Å². The van der Waals surface area contributed by atoms with Gasteiger partial charge in [-0.25, -0.2) is 0 Å². The van der Waals surface area contributed by atoms with E-state index in [1.54, 1.807) is 7.11 Å². The number of aliphatic hydroxyl groups excluding tert-OH is 1. The van der Waals surface area contributed by atoms with Gasteiger partial charge in [0.25, 0.3) is 0 Å². The lowest BCUT2D eigenvalue weighted by Gasteiger charge is -2.30. The normalized spacial score (nSPS) is 16.9. The minimum absolute atomic E-state index is 0.00420. The summed E-state index contributed by atoms with van der Waals surface area (Å²) in [5, 5.41) is 12.4. The molecule has 0 amide bonds. The van der Waals surface area contributed by atoms with Gasteiger partial charge in [0.05, 0.1) is 13.7 Å². The standard InChI is InChI=1S/C15H24N2O3/c1-17-7-5-12(6-8-17)16-13-3-4-14(19-2)15(11-13)20-10-9-18/h3-4,11-12,16,18H,5-10H2,1-2H3. The van der Waals surface area contributed by atoms with Crippen molar-refractivity contribution in [1.29, 1.82) is 0 Å². The van der Waals surface area contributed by atoms with E-state index in [-0.39, 0.29) is 13.2 Å². The number of nitrogens with one attached hydrogen (secondary N) is 1. The number of likely N-dealkylation sites (tertiary alicyclic amines) is 1. The topological polar surface area (TPSA) is 54.0 Å². The second-order valence-electron chi connectivity index (χ2n) is 5.16. The van der Waals surface area contributed by atoms with E-state index in [4.69, 9.17) is 14.6 Å². The van der Waals surface area contributed by atoms with Crippen LogP contribution in [0.2, 0.25) is 0 Å². The van der Waals surface area contributed by atoms with Crippen LogP contribution in [0.5, 0.6) is 11.5 Å². The van der Waals surface area contributed by atoms with Crippen LogP contribution in [0.3, 0.4) is 0 Å². The summed E-state index contributed by atoms with van der Waals surface area (Å²) in [4.78, 5) is 2.35. The molecule has 20 heavy (non-hydrogen) atoms. The first kappa shape index (κ1) is 14.9. The molecule has 2 rings (SSSR count). The van der Waals surface area contributed by atoms with E-state index in [1.807, 2.05) is 18.2 Å². The highest BCUT2D eigenvalue weighted by Gasteiger charge is 2.16. The quantitative estimate of drug-likeness (QED) is 0.828. The molecule has 0 unspecified atom stereocenters. The third kappa shape index (κ3) is 4.02. The zero-order chi connectivity index (χ0) is 14.4. The molecule has 0 atom stereocenters. The van der Waals surface area contributed by atoms with Crippen molar-refractivity contribution < 1.29 is 14.6 Å². The first-order valence-corrected chi connectivity index (χ1v) is 7.09. The second-order valence-corrected chi connectivity index (χ2v) is 5.16. The van der Waals surface area contributed by atoms with Crippen molar-refractivity contribution in [1.82, 2.24) is 4.90 Å². The Bertz CT molecular complexity index is 418. The fourth-order valence-electron chi connectivity index (χ4n) is 2.42. The van der Waals surface area contributed by atoms with Crippen LogP contribution in [0, 0.1) is 0 Å². The minimum Gasteiger partial charge on any atom is -0.493 e. The predicted octanol–water partition coefficient (Wildman–Crippen LogP) is 1.57. The first-order chi connectivity index (χ1) is 9.72. The Morgan fingerprint density at radius 3 is 2.70 bits per heavy atom. The van der Waals surface area contributed by atoms with Gasteiger partial charge in [-0.3, -0.25) is 0 Å². The molecule has 0 spiro atoms. The van der Waals surface area contributed by atoms with E-state index in [0.717, 1.165) is 31.6 Å². The van der Waals surface area contributed by atoms with Crippen LogP contribution in [-0.2, 0) is 0 Å². The number of hydrogen-bond donors (Lipinski definition) is 2. The van der Waals surface area contributed by atoms with Gasteiger partial charge >= 0.3 is 0 Å². The van der Waals surface area contributed by atoms with Gasteiger partial charge in [-0.1, -0.05) is 0 Å². The maximum atomic E-state index is 8.86. The fourth-order valence-corrected chi connectivity index (χ4v) is 2.42. The lowest BCUT2D eigenvalue weighted by molar-refractivity contribution is 0.196. The molecule has 0 saturated carbocycles. The maximum absolute atomic E-state index is 8.86. The van der Waals surface area contributed by atoms with Crippen molar-refractivity contribution in [3.05, 3.63) is 18.2 Å². The average Bonchev–Trinajstić information content (AvgIpc) is 2.47. The molecule has 1 aliphatic rings. The van der Waals surface area contributed by atoms with Crippen LogP contribution in [0.4, 0.5) is 5.69 Å². The summed E-state index contributed by atoms with van der Waals surface area (Å²) in [6, 6.07) is 6.34. The van der Waals surface area contributed by atoms with Gasteiger partial charge in [0, 0.05) is 17.8 Å². The third-order valence-corrected chi connectivity index (χ3v) is 3.60. The third-order valence-electron chi connectivity index (χ3n) is 3.60. The van der Waals surface area contributed by atoms with Gasteiger partial charge in [0.1, 0.15) is 6.61 Å². The predicted molar refractivity (Wildman–Crippen MR) is 79.7 cm³/mol. The van der Waals surface area contributed by atoms with E-state index in [2.05, 4.69) is 17.3 Å². The van der Waals surface area contributed by atoms with E-state index in [1.165, 1.54) is 0 Å². The highest BCUT2D eigenvalue weighted by molar-refractivity contribution is 5.55. The molecule has 1 saturated heterocycles. The zero-order valence-electron chi connectivity index (χ0n) is 12.3. The van der Waals surface area contributed by atoms with Crippen molar-refractivity contribution >= 4 is 5.69 Å². The number of rotatable bonds is 6. The molecular formula is C15H24N2O3. The summed E-state index contributed by atoms with van der Waals surface area (Å²) in [6.45, 7) is 2.52. The Labute approximate surface area is 120 Å². The van der Waals surface area contributed by atoms with Crippen LogP contribution in [-0.4, -0.2) is 56.5 Å². The number of benzene rings is 1. The molecule has 1 aliphatic heterocycles. The number of methoxy groups -OCH3 is 1. The van der Waals surface area contributed by atoms with Gasteiger partial charge in [-0.15, -0.1) is 0 Å². The molecule has 0 bridgehead atoms. The fraction of sp³-hybridized carbons (Fsp3) is 0.600. The largest absolute Gasteiger partial charge is 0.493 e. The number of aliphatic hydroxyl groups is 1. The summed E-state index contributed by atoms with van der Waals surface area (Å²) in [5.41, 5.74) is 1.04. The molecular weight excluding hydrogens is 256 g/mol. The van der Waals surface area contributed by atoms with Gasteiger partial charge in [0.15, 0.2) is 11.5 Å². The van der Waals surface area contributed by atoms with Crippen LogP contribution >= 0.6 is 0 Å². The molecule has 1 aromatic carbocycles. The SMILES string of the molecule is COc1ccc(NC2CCN(C)CC2)cc1OCCO. The van der Waals surface area contributed by atoms with Gasteiger partial charge in [-0.05, 0) is 45.1 Å². The van der Waals surface area contributed by atoms with Crippen LogP contribution < -0.4 is 14.8 Å². The van der Waals surface area contributed by atoms with Crippen LogP contribution in [0.15, 0.2) is 18.2 Å². The number of ether oxygens (including phenoxy) is 2. The van der Waals surface area contributed by atoms with Crippen molar-refractivity contribution in [2.75, 3.05) is 45.8 Å². The highest BCUT2D eigenvalue weighted by atomic mass is 16.5. The Kier molecular flexibility index (Phi) is 5.49. The van der Waals surface area contributed by atoms with Crippen molar-refractivity contribution in [3.63, 3.8) is 0 Å². The number of hydrogen-bond acceptors (Lipinski definition) is 5. The molecule has 1 heterocycles. The summed E-state index contributed by atoms with van der Waals surface area (Å²) in [5.74, 6) is 1.35. The summed E-state index contributed by atoms with van der Waals surface area (Å²) < 4.78 is 10.8. The second kappa shape index (κ2) is 7.36. The molecule has 5 nitrogen and oxygen atoms in total. The molecule has 0 aromatic heterocycles. The van der Waals surface area contributed by atoms with Crippen LogP contribution in [0.1, 0.15) is 12.8 Å². The summed E-state index contributed by atoms with van der Waals surface area (Å²) in [6.07, 6.45) is 2.30. The number of piperidine rings is 1. The molecule has 5 heteroatoms. The summed E-state index contributed by atoms with van der Waals surface area (Å²) >= 11 is 0. The average molecular weight is 280 g/mol. The number of anilines is 1. The van der Waals surface area contributed by atoms with E-state index in [0.29, 0.717) is 17.5 Å². The molecule has 112 valence electrons. The zero-order valence-corrected chi connectivity index (χ0v) is 12.3. The van der Waals surface area contributed by atoms with E-state index >= 15 is 0 Å². The molecule has 1 aromatic rings. The van der Waals surface area contributed by atoms with Crippen molar-refractivity contribution in [2.45, 2.75) is 18.9 Å². The molecule has 1 fully saturated rings. The lowest BCUT2D eigenvalue weighted by Crippen LogP contribution is -2.36. The smallest absolute Gasteiger partial charge is 0.163 e. The lowest BCUT2D eigenvalue weighted by atomic mass is 10.1. The monoisotopic (exact) mass is 280 g/mol. The molecule has 0 radical (unpaired) electrons. The van der Waals surface area contributed by atoms with E-state index in [9.17, 15) is 0 Å². The Morgan fingerprint density at radius 1 is 1.30 bits per heavy atom. The van der Waals surface area contributed by atoms with Crippen molar-refractivity contribution in [2.24, 2.45) is 0 Å². The van der Waals surface area contributed by atoms with Gasteiger partial charge in [-0.2, -0.15) is 0 Å². The first-order valence-electron chi connectivity index (χ1n) is 7.09.